The minimum atomic E-state index is -0.587. The van der Waals surface area contributed by atoms with Gasteiger partial charge in [0.2, 0.25) is 0 Å². The summed E-state index contributed by atoms with van der Waals surface area (Å²) in [5.41, 5.74) is 0.550. The van der Waals surface area contributed by atoms with E-state index in [2.05, 4.69) is 9.88 Å². The average Bonchev–Trinajstić information content (AvgIpc) is 2.50. The lowest BCUT2D eigenvalue weighted by atomic mass is 9.83. The standard InChI is InChI=1S/C18H24N2O2/c1-18(2,22)14-7-9-20(10-8-14)12-13-11-19-17(21)16-6-4-3-5-15(13)16/h3-6,11,14,22H,7-10,12H2,1-2H3,(H,19,21). The van der Waals surface area contributed by atoms with E-state index in [0.29, 0.717) is 5.92 Å². The van der Waals surface area contributed by atoms with Crippen molar-refractivity contribution in [1.29, 1.82) is 0 Å². The third kappa shape index (κ3) is 3.08. The molecule has 0 spiro atoms. The van der Waals surface area contributed by atoms with Crippen molar-refractivity contribution in [1.82, 2.24) is 9.88 Å². The second-order valence-electron chi connectivity index (χ2n) is 6.89. The van der Waals surface area contributed by atoms with Gasteiger partial charge in [0.15, 0.2) is 0 Å². The Morgan fingerprint density at radius 2 is 1.86 bits per heavy atom. The van der Waals surface area contributed by atoms with Crippen LogP contribution in [0, 0.1) is 5.92 Å². The summed E-state index contributed by atoms with van der Waals surface area (Å²) in [6, 6.07) is 7.77. The first kappa shape index (κ1) is 15.3. The van der Waals surface area contributed by atoms with Crippen LogP contribution in [-0.2, 0) is 6.54 Å². The first-order valence-corrected chi connectivity index (χ1v) is 7.99. The number of benzene rings is 1. The van der Waals surface area contributed by atoms with Gasteiger partial charge in [-0.2, -0.15) is 0 Å². The zero-order valence-corrected chi connectivity index (χ0v) is 13.3. The van der Waals surface area contributed by atoms with Crippen molar-refractivity contribution < 1.29 is 5.11 Å². The molecule has 118 valence electrons. The zero-order chi connectivity index (χ0) is 15.7. The van der Waals surface area contributed by atoms with Crippen LogP contribution in [0.5, 0.6) is 0 Å². The van der Waals surface area contributed by atoms with Gasteiger partial charge in [-0.25, -0.2) is 0 Å². The summed E-state index contributed by atoms with van der Waals surface area (Å²) in [5.74, 6) is 0.371. The predicted molar refractivity (Wildman–Crippen MR) is 88.9 cm³/mol. The Morgan fingerprint density at radius 1 is 1.23 bits per heavy atom. The van der Waals surface area contributed by atoms with Crippen molar-refractivity contribution in [3.63, 3.8) is 0 Å². The number of fused-ring (bicyclic) bond motifs is 1. The molecule has 22 heavy (non-hydrogen) atoms. The van der Waals surface area contributed by atoms with Crippen LogP contribution in [0.15, 0.2) is 35.3 Å². The molecule has 0 aliphatic carbocycles. The van der Waals surface area contributed by atoms with Crippen LogP contribution in [0.1, 0.15) is 32.3 Å². The van der Waals surface area contributed by atoms with Gasteiger partial charge in [-0.05, 0) is 62.7 Å². The summed E-state index contributed by atoms with van der Waals surface area (Å²) in [4.78, 5) is 17.1. The summed E-state index contributed by atoms with van der Waals surface area (Å²) in [5, 5.41) is 11.9. The normalized spacial score (nSPS) is 18.0. The lowest BCUT2D eigenvalue weighted by Gasteiger charge is -2.37. The van der Waals surface area contributed by atoms with Gasteiger partial charge in [0.05, 0.1) is 5.60 Å². The number of aliphatic hydroxyl groups is 1. The second kappa shape index (κ2) is 5.86. The Labute approximate surface area is 130 Å². The van der Waals surface area contributed by atoms with Crippen LogP contribution < -0.4 is 5.56 Å². The molecule has 4 nitrogen and oxygen atoms in total. The molecule has 3 rings (SSSR count). The van der Waals surface area contributed by atoms with E-state index in [4.69, 9.17) is 0 Å². The molecule has 0 unspecified atom stereocenters. The van der Waals surface area contributed by atoms with Crippen LogP contribution in [0.25, 0.3) is 10.8 Å². The van der Waals surface area contributed by atoms with Crippen molar-refractivity contribution >= 4 is 10.8 Å². The summed E-state index contributed by atoms with van der Waals surface area (Å²) in [6.45, 7) is 6.63. The van der Waals surface area contributed by atoms with Crippen LogP contribution in [0.2, 0.25) is 0 Å². The summed E-state index contributed by atoms with van der Waals surface area (Å²) in [6.07, 6.45) is 3.88. The van der Waals surface area contributed by atoms with Crippen molar-refractivity contribution in [2.24, 2.45) is 5.92 Å². The topological polar surface area (TPSA) is 56.3 Å². The molecular formula is C18H24N2O2. The second-order valence-corrected chi connectivity index (χ2v) is 6.89. The van der Waals surface area contributed by atoms with Crippen molar-refractivity contribution in [3.8, 4) is 0 Å². The number of likely N-dealkylation sites (tertiary alicyclic amines) is 1. The number of hydrogen-bond acceptors (Lipinski definition) is 3. The molecule has 1 saturated heterocycles. The van der Waals surface area contributed by atoms with E-state index in [1.165, 1.54) is 0 Å². The fourth-order valence-corrected chi connectivity index (χ4v) is 3.44. The molecule has 2 heterocycles. The van der Waals surface area contributed by atoms with E-state index in [-0.39, 0.29) is 5.56 Å². The number of aromatic amines is 1. The Kier molecular flexibility index (Phi) is 4.06. The summed E-state index contributed by atoms with van der Waals surface area (Å²) in [7, 11) is 0. The molecule has 4 heteroatoms. The molecule has 0 radical (unpaired) electrons. The minimum absolute atomic E-state index is 0.0277. The third-order valence-electron chi connectivity index (χ3n) is 4.88. The van der Waals surface area contributed by atoms with Gasteiger partial charge in [-0.3, -0.25) is 9.69 Å². The maximum Gasteiger partial charge on any atom is 0.255 e. The number of nitrogens with one attached hydrogen (secondary N) is 1. The quantitative estimate of drug-likeness (QED) is 0.916. The largest absolute Gasteiger partial charge is 0.390 e. The van der Waals surface area contributed by atoms with E-state index in [9.17, 15) is 9.90 Å². The van der Waals surface area contributed by atoms with E-state index in [1.807, 2.05) is 44.3 Å². The van der Waals surface area contributed by atoms with Crippen LogP contribution in [-0.4, -0.2) is 33.7 Å². The van der Waals surface area contributed by atoms with Crippen LogP contribution in [0.4, 0.5) is 0 Å². The van der Waals surface area contributed by atoms with Crippen molar-refractivity contribution in [2.75, 3.05) is 13.1 Å². The van der Waals surface area contributed by atoms with E-state index in [0.717, 1.165) is 48.8 Å². The number of nitrogens with zero attached hydrogens (tertiary/aromatic N) is 1. The molecule has 1 aliphatic rings. The lowest BCUT2D eigenvalue weighted by molar-refractivity contribution is -0.0135. The van der Waals surface area contributed by atoms with Gasteiger partial charge in [0.1, 0.15) is 0 Å². The summed E-state index contributed by atoms with van der Waals surface area (Å²) < 4.78 is 0. The van der Waals surface area contributed by atoms with Gasteiger partial charge in [0.25, 0.3) is 5.56 Å². The fraction of sp³-hybridized carbons (Fsp3) is 0.500. The van der Waals surface area contributed by atoms with Gasteiger partial charge in [0, 0.05) is 18.1 Å². The molecule has 0 saturated carbocycles. The molecule has 2 aromatic rings. The maximum atomic E-state index is 11.9. The number of aromatic nitrogens is 1. The minimum Gasteiger partial charge on any atom is -0.390 e. The number of pyridine rings is 1. The first-order valence-electron chi connectivity index (χ1n) is 7.99. The van der Waals surface area contributed by atoms with Gasteiger partial charge < -0.3 is 10.1 Å². The smallest absolute Gasteiger partial charge is 0.255 e. The molecule has 0 atom stereocenters. The number of rotatable bonds is 3. The van der Waals surface area contributed by atoms with E-state index in [1.54, 1.807) is 0 Å². The molecule has 1 fully saturated rings. The van der Waals surface area contributed by atoms with E-state index < -0.39 is 5.60 Å². The molecule has 1 aliphatic heterocycles. The van der Waals surface area contributed by atoms with Gasteiger partial charge >= 0.3 is 0 Å². The van der Waals surface area contributed by atoms with Gasteiger partial charge in [-0.1, -0.05) is 18.2 Å². The number of hydrogen-bond donors (Lipinski definition) is 2. The lowest BCUT2D eigenvalue weighted by Crippen LogP contribution is -2.41. The van der Waals surface area contributed by atoms with E-state index >= 15 is 0 Å². The molecule has 1 aromatic carbocycles. The molecule has 0 bridgehead atoms. The van der Waals surface area contributed by atoms with Crippen molar-refractivity contribution in [2.45, 2.75) is 38.8 Å². The van der Waals surface area contributed by atoms with Crippen LogP contribution in [0.3, 0.4) is 0 Å². The summed E-state index contributed by atoms with van der Waals surface area (Å²) >= 11 is 0. The Bertz CT molecular complexity index is 707. The SMILES string of the molecule is CC(C)(O)C1CCN(Cc2c[nH]c(=O)c3ccccc23)CC1. The first-order chi connectivity index (χ1) is 10.4. The van der Waals surface area contributed by atoms with Crippen molar-refractivity contribution in [3.05, 3.63) is 46.4 Å². The molecule has 1 aromatic heterocycles. The molecule has 0 amide bonds. The highest BCUT2D eigenvalue weighted by Crippen LogP contribution is 2.28. The zero-order valence-electron chi connectivity index (χ0n) is 13.3. The highest BCUT2D eigenvalue weighted by Gasteiger charge is 2.30. The Balaban J connectivity index is 1.76. The maximum absolute atomic E-state index is 11.9. The fourth-order valence-electron chi connectivity index (χ4n) is 3.44. The average molecular weight is 300 g/mol. The molecule has 2 N–H and O–H groups in total. The third-order valence-corrected chi connectivity index (χ3v) is 4.88. The Morgan fingerprint density at radius 3 is 2.50 bits per heavy atom. The number of H-pyrrole nitrogens is 1. The van der Waals surface area contributed by atoms with Gasteiger partial charge in [-0.15, -0.1) is 0 Å². The molecular weight excluding hydrogens is 276 g/mol. The number of piperidine rings is 1. The monoisotopic (exact) mass is 300 g/mol. The highest BCUT2D eigenvalue weighted by molar-refractivity contribution is 5.84. The highest BCUT2D eigenvalue weighted by atomic mass is 16.3. The Hall–Kier alpha value is -1.65. The van der Waals surface area contributed by atoms with Crippen LogP contribution >= 0.6 is 0 Å². The predicted octanol–water partition coefficient (Wildman–Crippen LogP) is 2.51.